The Kier molecular flexibility index (Phi) is 4.42. The zero-order valence-electron chi connectivity index (χ0n) is 10.2. The number of rotatable bonds is 4. The van der Waals surface area contributed by atoms with Crippen LogP contribution in [-0.4, -0.2) is 31.6 Å². The minimum absolute atomic E-state index is 0.0144. The van der Waals surface area contributed by atoms with Gasteiger partial charge in [-0.05, 0) is 44.1 Å². The minimum atomic E-state index is 0.0144. The number of hydrogen-bond donors (Lipinski definition) is 1. The van der Waals surface area contributed by atoms with Crippen molar-refractivity contribution in [2.24, 2.45) is 5.73 Å². The largest absolute Gasteiger partial charge is 0.496 e. The molecule has 0 radical (unpaired) electrons. The molecule has 0 amide bonds. The highest BCUT2D eigenvalue weighted by Gasteiger charge is 2.18. The number of methoxy groups -OCH3 is 1. The first-order chi connectivity index (χ1) is 8.20. The second-order valence-electron chi connectivity index (χ2n) is 4.50. The van der Waals surface area contributed by atoms with Gasteiger partial charge in [0.25, 0.3) is 0 Å². The maximum atomic E-state index is 6.28. The van der Waals surface area contributed by atoms with E-state index in [4.69, 9.17) is 10.5 Å². The van der Waals surface area contributed by atoms with Gasteiger partial charge in [-0.1, -0.05) is 15.9 Å². The Morgan fingerprint density at radius 2 is 2.12 bits per heavy atom. The first-order valence-electron chi connectivity index (χ1n) is 6.02. The molecule has 1 aliphatic rings. The van der Waals surface area contributed by atoms with Crippen LogP contribution in [0.4, 0.5) is 0 Å². The van der Waals surface area contributed by atoms with E-state index in [-0.39, 0.29) is 6.04 Å². The smallest absolute Gasteiger partial charge is 0.123 e. The summed E-state index contributed by atoms with van der Waals surface area (Å²) in [5.74, 6) is 0.875. The van der Waals surface area contributed by atoms with Gasteiger partial charge < -0.3 is 15.4 Å². The molecule has 1 fully saturated rings. The summed E-state index contributed by atoms with van der Waals surface area (Å²) in [7, 11) is 1.69. The average Bonchev–Trinajstić information content (AvgIpc) is 2.81. The number of ether oxygens (including phenoxy) is 1. The molecule has 94 valence electrons. The van der Waals surface area contributed by atoms with E-state index in [9.17, 15) is 0 Å². The van der Waals surface area contributed by atoms with Crippen LogP contribution in [0.2, 0.25) is 0 Å². The van der Waals surface area contributed by atoms with E-state index < -0.39 is 0 Å². The molecule has 1 aromatic carbocycles. The van der Waals surface area contributed by atoms with Crippen molar-refractivity contribution in [3.63, 3.8) is 0 Å². The van der Waals surface area contributed by atoms with Gasteiger partial charge in [0, 0.05) is 22.6 Å². The molecule has 2 rings (SSSR count). The topological polar surface area (TPSA) is 38.5 Å². The van der Waals surface area contributed by atoms with Crippen molar-refractivity contribution in [1.29, 1.82) is 0 Å². The summed E-state index contributed by atoms with van der Waals surface area (Å²) in [6.45, 7) is 3.25. The SMILES string of the molecule is COc1ccc(Br)cc1C(N)CN1CCCC1. The summed E-state index contributed by atoms with van der Waals surface area (Å²) < 4.78 is 6.41. The zero-order chi connectivity index (χ0) is 12.3. The van der Waals surface area contributed by atoms with Crippen LogP contribution in [-0.2, 0) is 0 Å². The lowest BCUT2D eigenvalue weighted by molar-refractivity contribution is 0.311. The van der Waals surface area contributed by atoms with E-state index in [0.29, 0.717) is 0 Å². The first-order valence-corrected chi connectivity index (χ1v) is 6.81. The lowest BCUT2D eigenvalue weighted by Gasteiger charge is -2.22. The third-order valence-corrected chi connectivity index (χ3v) is 3.74. The van der Waals surface area contributed by atoms with Gasteiger partial charge in [-0.25, -0.2) is 0 Å². The lowest BCUT2D eigenvalue weighted by Crippen LogP contribution is -2.30. The van der Waals surface area contributed by atoms with Crippen LogP contribution in [0.25, 0.3) is 0 Å². The van der Waals surface area contributed by atoms with Gasteiger partial charge in [0.05, 0.1) is 7.11 Å². The second kappa shape index (κ2) is 5.85. The molecule has 0 spiro atoms. The third kappa shape index (κ3) is 3.21. The van der Waals surface area contributed by atoms with Crippen LogP contribution in [0.5, 0.6) is 5.75 Å². The van der Waals surface area contributed by atoms with E-state index in [1.54, 1.807) is 7.11 Å². The number of halogens is 1. The van der Waals surface area contributed by atoms with Crippen LogP contribution in [0.3, 0.4) is 0 Å². The van der Waals surface area contributed by atoms with E-state index >= 15 is 0 Å². The quantitative estimate of drug-likeness (QED) is 0.928. The van der Waals surface area contributed by atoms with Crippen molar-refractivity contribution < 1.29 is 4.74 Å². The van der Waals surface area contributed by atoms with Gasteiger partial charge >= 0.3 is 0 Å². The fourth-order valence-electron chi connectivity index (χ4n) is 2.34. The molecule has 17 heavy (non-hydrogen) atoms. The maximum Gasteiger partial charge on any atom is 0.123 e. The fourth-order valence-corrected chi connectivity index (χ4v) is 2.72. The van der Waals surface area contributed by atoms with Gasteiger partial charge in [-0.15, -0.1) is 0 Å². The number of likely N-dealkylation sites (tertiary alicyclic amines) is 1. The van der Waals surface area contributed by atoms with E-state index in [1.807, 2.05) is 12.1 Å². The second-order valence-corrected chi connectivity index (χ2v) is 5.42. The van der Waals surface area contributed by atoms with Gasteiger partial charge in [0.1, 0.15) is 5.75 Å². The summed E-state index contributed by atoms with van der Waals surface area (Å²) in [5.41, 5.74) is 7.36. The molecule has 1 aromatic rings. The third-order valence-electron chi connectivity index (χ3n) is 3.24. The van der Waals surface area contributed by atoms with Crippen molar-refractivity contribution in [3.8, 4) is 5.75 Å². The Hall–Kier alpha value is -0.580. The highest BCUT2D eigenvalue weighted by atomic mass is 79.9. The van der Waals surface area contributed by atoms with Crippen LogP contribution < -0.4 is 10.5 Å². The molecule has 3 nitrogen and oxygen atoms in total. The fraction of sp³-hybridized carbons (Fsp3) is 0.538. The number of hydrogen-bond acceptors (Lipinski definition) is 3. The van der Waals surface area contributed by atoms with Crippen LogP contribution in [0.1, 0.15) is 24.4 Å². The monoisotopic (exact) mass is 298 g/mol. The molecule has 0 aromatic heterocycles. The van der Waals surface area contributed by atoms with E-state index in [0.717, 1.165) is 22.3 Å². The Bertz CT molecular complexity index is 378. The number of nitrogens with zero attached hydrogens (tertiary/aromatic N) is 1. The molecule has 1 atom stereocenters. The molecule has 4 heteroatoms. The number of benzene rings is 1. The molecule has 0 saturated carbocycles. The highest BCUT2D eigenvalue weighted by Crippen LogP contribution is 2.28. The summed E-state index contributed by atoms with van der Waals surface area (Å²) in [6.07, 6.45) is 2.59. The minimum Gasteiger partial charge on any atom is -0.496 e. The normalized spacial score (nSPS) is 18.3. The Balaban J connectivity index is 2.11. The Morgan fingerprint density at radius 1 is 1.41 bits per heavy atom. The van der Waals surface area contributed by atoms with Crippen molar-refractivity contribution in [1.82, 2.24) is 4.90 Å². The van der Waals surface area contributed by atoms with Crippen molar-refractivity contribution in [2.45, 2.75) is 18.9 Å². The van der Waals surface area contributed by atoms with Crippen LogP contribution in [0.15, 0.2) is 22.7 Å². The number of nitrogens with two attached hydrogens (primary N) is 1. The van der Waals surface area contributed by atoms with Crippen molar-refractivity contribution >= 4 is 15.9 Å². The maximum absolute atomic E-state index is 6.28. The first kappa shape index (κ1) is 12.9. The summed E-state index contributed by atoms with van der Waals surface area (Å²) in [5, 5.41) is 0. The van der Waals surface area contributed by atoms with Gasteiger partial charge in [0.2, 0.25) is 0 Å². The summed E-state index contributed by atoms with van der Waals surface area (Å²) in [4.78, 5) is 2.42. The van der Waals surface area contributed by atoms with E-state index in [1.165, 1.54) is 25.9 Å². The molecule has 1 heterocycles. The van der Waals surface area contributed by atoms with E-state index in [2.05, 4.69) is 26.9 Å². The average molecular weight is 299 g/mol. The summed E-state index contributed by atoms with van der Waals surface area (Å²) >= 11 is 3.48. The molecule has 2 N–H and O–H groups in total. The van der Waals surface area contributed by atoms with Crippen LogP contribution >= 0.6 is 15.9 Å². The predicted molar refractivity (Wildman–Crippen MR) is 73.3 cm³/mol. The zero-order valence-corrected chi connectivity index (χ0v) is 11.7. The molecule has 0 bridgehead atoms. The van der Waals surface area contributed by atoms with Crippen molar-refractivity contribution in [3.05, 3.63) is 28.2 Å². The molecular weight excluding hydrogens is 280 g/mol. The predicted octanol–water partition coefficient (Wildman–Crippen LogP) is 2.55. The Labute approximate surface area is 111 Å². The molecular formula is C13H19BrN2O. The van der Waals surface area contributed by atoms with Crippen molar-refractivity contribution in [2.75, 3.05) is 26.7 Å². The molecule has 1 unspecified atom stereocenters. The van der Waals surface area contributed by atoms with Gasteiger partial charge in [-0.3, -0.25) is 0 Å². The summed E-state index contributed by atoms with van der Waals surface area (Å²) in [6, 6.07) is 6.01. The molecule has 1 aliphatic heterocycles. The van der Waals surface area contributed by atoms with Crippen LogP contribution in [0, 0.1) is 0 Å². The standard InChI is InChI=1S/C13H19BrN2O/c1-17-13-5-4-10(14)8-11(13)12(15)9-16-6-2-3-7-16/h4-5,8,12H,2-3,6-7,9,15H2,1H3. The Morgan fingerprint density at radius 3 is 2.76 bits per heavy atom. The van der Waals surface area contributed by atoms with Gasteiger partial charge in [-0.2, -0.15) is 0 Å². The molecule has 1 saturated heterocycles. The molecule has 0 aliphatic carbocycles. The highest BCUT2D eigenvalue weighted by molar-refractivity contribution is 9.10. The lowest BCUT2D eigenvalue weighted by atomic mass is 10.1. The van der Waals surface area contributed by atoms with Gasteiger partial charge in [0.15, 0.2) is 0 Å².